The summed E-state index contributed by atoms with van der Waals surface area (Å²) in [7, 11) is 1.60. The van der Waals surface area contributed by atoms with Crippen molar-refractivity contribution < 1.29 is 14.6 Å². The second kappa shape index (κ2) is 6.80. The van der Waals surface area contributed by atoms with Crippen LogP contribution in [0.4, 0.5) is 5.69 Å². The number of amidine groups is 1. The Morgan fingerprint density at radius 3 is 2.88 bits per heavy atom. The summed E-state index contributed by atoms with van der Waals surface area (Å²) in [6.07, 6.45) is 1.78. The van der Waals surface area contributed by atoms with E-state index in [2.05, 4.69) is 10.3 Å². The van der Waals surface area contributed by atoms with Crippen LogP contribution in [0.1, 0.15) is 11.1 Å². The molecule has 0 radical (unpaired) electrons. The molecule has 2 aromatic carbocycles. The summed E-state index contributed by atoms with van der Waals surface area (Å²) < 4.78 is 5.18. The molecule has 1 fully saturated rings. The number of nitrogens with one attached hydrogen (secondary N) is 1. The summed E-state index contributed by atoms with van der Waals surface area (Å²) in [5.74, 6) is 0.591. The Labute approximate surface area is 144 Å². The van der Waals surface area contributed by atoms with Crippen molar-refractivity contribution in [1.82, 2.24) is 5.32 Å². The maximum Gasteiger partial charge on any atom is 0.264 e. The molecule has 1 amide bonds. The van der Waals surface area contributed by atoms with Crippen LogP contribution in [0.15, 0.2) is 52.4 Å². The zero-order valence-corrected chi connectivity index (χ0v) is 14.1. The number of rotatable bonds is 3. The van der Waals surface area contributed by atoms with E-state index in [4.69, 9.17) is 4.74 Å². The van der Waals surface area contributed by atoms with Gasteiger partial charge in [-0.2, -0.15) is 0 Å². The number of methoxy groups -OCH3 is 1. The number of amides is 1. The van der Waals surface area contributed by atoms with Crippen LogP contribution in [-0.4, -0.2) is 23.3 Å². The molecule has 2 aromatic rings. The number of hydrogen-bond acceptors (Lipinski definition) is 5. The lowest BCUT2D eigenvalue weighted by Crippen LogP contribution is -2.19. The van der Waals surface area contributed by atoms with Crippen LogP contribution >= 0.6 is 11.8 Å². The van der Waals surface area contributed by atoms with Crippen LogP contribution in [0, 0.1) is 6.92 Å². The van der Waals surface area contributed by atoms with Crippen molar-refractivity contribution in [3.8, 4) is 11.5 Å². The van der Waals surface area contributed by atoms with E-state index in [9.17, 15) is 9.90 Å². The number of aryl methyl sites for hydroxylation is 1. The number of carbonyl (C=O) groups is 1. The van der Waals surface area contributed by atoms with Gasteiger partial charge in [-0.1, -0.05) is 18.2 Å². The van der Waals surface area contributed by atoms with Crippen LogP contribution in [0.25, 0.3) is 6.08 Å². The van der Waals surface area contributed by atoms with Crippen molar-refractivity contribution in [2.45, 2.75) is 6.92 Å². The molecule has 5 nitrogen and oxygen atoms in total. The fourth-order valence-corrected chi connectivity index (χ4v) is 3.03. The summed E-state index contributed by atoms with van der Waals surface area (Å²) in [5, 5.41) is 13.0. The first-order valence-corrected chi connectivity index (χ1v) is 8.10. The van der Waals surface area contributed by atoms with E-state index in [1.165, 1.54) is 11.8 Å². The maximum absolute atomic E-state index is 12.1. The van der Waals surface area contributed by atoms with Gasteiger partial charge in [0.05, 0.1) is 12.0 Å². The van der Waals surface area contributed by atoms with Crippen molar-refractivity contribution in [2.75, 3.05) is 7.11 Å². The predicted octanol–water partition coefficient (Wildman–Crippen LogP) is 3.60. The Hall–Kier alpha value is -2.73. The number of phenolic OH excluding ortho intramolecular Hbond substituents is 1. The quantitative estimate of drug-likeness (QED) is 0.838. The largest absolute Gasteiger partial charge is 0.506 e. The van der Waals surface area contributed by atoms with E-state index >= 15 is 0 Å². The normalized spacial score (nSPS) is 17.3. The monoisotopic (exact) mass is 340 g/mol. The topological polar surface area (TPSA) is 70.9 Å². The highest BCUT2D eigenvalue weighted by Crippen LogP contribution is 2.32. The molecule has 0 unspecified atom stereocenters. The second-order valence-corrected chi connectivity index (χ2v) is 6.28. The van der Waals surface area contributed by atoms with Crippen LogP contribution < -0.4 is 10.1 Å². The number of benzene rings is 2. The summed E-state index contributed by atoms with van der Waals surface area (Å²) in [6, 6.07) is 12.6. The molecule has 0 spiro atoms. The first kappa shape index (κ1) is 16.1. The zero-order valence-electron chi connectivity index (χ0n) is 13.2. The standard InChI is InChI=1S/C18H16N2O3S/c1-11-6-7-15(21)14(8-11)19-18-20-17(22)16(24-18)10-12-4-3-5-13(9-12)23-2/h3-10,21H,1-2H3,(H,19,20,22)/b16-10-. The van der Waals surface area contributed by atoms with Gasteiger partial charge >= 0.3 is 0 Å². The molecular weight excluding hydrogens is 324 g/mol. The van der Waals surface area contributed by atoms with Crippen molar-refractivity contribution in [3.05, 3.63) is 58.5 Å². The van der Waals surface area contributed by atoms with Gasteiger partial charge in [0, 0.05) is 0 Å². The lowest BCUT2D eigenvalue weighted by atomic mass is 10.2. The van der Waals surface area contributed by atoms with Crippen molar-refractivity contribution in [1.29, 1.82) is 0 Å². The summed E-state index contributed by atoms with van der Waals surface area (Å²) in [6.45, 7) is 1.91. The first-order valence-electron chi connectivity index (χ1n) is 7.28. The molecule has 0 bridgehead atoms. The highest BCUT2D eigenvalue weighted by atomic mass is 32.2. The van der Waals surface area contributed by atoms with Crippen LogP contribution in [0.5, 0.6) is 11.5 Å². The Morgan fingerprint density at radius 2 is 2.08 bits per heavy atom. The third-order valence-electron chi connectivity index (χ3n) is 3.40. The summed E-state index contributed by atoms with van der Waals surface area (Å²) in [5.41, 5.74) is 2.28. The smallest absolute Gasteiger partial charge is 0.264 e. The van der Waals surface area contributed by atoms with Crippen molar-refractivity contribution in [3.63, 3.8) is 0 Å². The molecule has 1 aliphatic heterocycles. The number of ether oxygens (including phenoxy) is 1. The molecule has 1 aliphatic rings. The number of aliphatic imine (C=N–C) groups is 1. The molecule has 6 heteroatoms. The van der Waals surface area contributed by atoms with Crippen LogP contribution in [-0.2, 0) is 4.79 Å². The van der Waals surface area contributed by atoms with Gasteiger partial charge in [-0.3, -0.25) is 4.79 Å². The number of aromatic hydroxyl groups is 1. The van der Waals surface area contributed by atoms with Gasteiger partial charge in [-0.15, -0.1) is 0 Å². The highest BCUT2D eigenvalue weighted by molar-refractivity contribution is 8.18. The van der Waals surface area contributed by atoms with Crippen molar-refractivity contribution in [2.24, 2.45) is 4.99 Å². The summed E-state index contributed by atoms with van der Waals surface area (Å²) >= 11 is 1.23. The lowest BCUT2D eigenvalue weighted by molar-refractivity contribution is -0.115. The Balaban J connectivity index is 1.86. The molecule has 0 aliphatic carbocycles. The molecule has 0 aromatic heterocycles. The fourth-order valence-electron chi connectivity index (χ4n) is 2.20. The van der Waals surface area contributed by atoms with E-state index in [1.54, 1.807) is 31.4 Å². The SMILES string of the molecule is COc1cccc(/C=C2\SC(=Nc3cc(C)ccc3O)NC2=O)c1. The van der Waals surface area contributed by atoms with Gasteiger partial charge in [0.1, 0.15) is 17.2 Å². The predicted molar refractivity (Wildman–Crippen MR) is 96.6 cm³/mol. The Morgan fingerprint density at radius 1 is 1.25 bits per heavy atom. The van der Waals surface area contributed by atoms with E-state index in [-0.39, 0.29) is 11.7 Å². The molecule has 24 heavy (non-hydrogen) atoms. The van der Waals surface area contributed by atoms with Gasteiger partial charge in [0.15, 0.2) is 5.17 Å². The maximum atomic E-state index is 12.1. The highest BCUT2D eigenvalue weighted by Gasteiger charge is 2.24. The summed E-state index contributed by atoms with van der Waals surface area (Å²) in [4.78, 5) is 17.0. The number of phenols is 1. The number of nitrogens with zero attached hydrogens (tertiary/aromatic N) is 1. The van der Waals surface area contributed by atoms with Gasteiger partial charge in [-0.05, 0) is 60.2 Å². The zero-order chi connectivity index (χ0) is 17.1. The van der Waals surface area contributed by atoms with Crippen molar-refractivity contribution >= 4 is 34.6 Å². The minimum absolute atomic E-state index is 0.0770. The van der Waals surface area contributed by atoms with E-state index in [1.807, 2.05) is 31.2 Å². The van der Waals surface area contributed by atoms with Crippen LogP contribution in [0.2, 0.25) is 0 Å². The molecule has 1 heterocycles. The van der Waals surface area contributed by atoms with Gasteiger partial charge in [-0.25, -0.2) is 4.99 Å². The molecule has 2 N–H and O–H groups in total. The number of thioether (sulfide) groups is 1. The van der Waals surface area contributed by atoms with Gasteiger partial charge < -0.3 is 15.2 Å². The van der Waals surface area contributed by atoms with E-state index < -0.39 is 0 Å². The van der Waals surface area contributed by atoms with Gasteiger partial charge in [0.2, 0.25) is 0 Å². The third-order valence-corrected chi connectivity index (χ3v) is 4.31. The van der Waals surface area contributed by atoms with Crippen LogP contribution in [0.3, 0.4) is 0 Å². The Bertz CT molecular complexity index is 859. The molecule has 0 atom stereocenters. The minimum atomic E-state index is -0.214. The van der Waals surface area contributed by atoms with E-state index in [0.717, 1.165) is 16.9 Å². The molecule has 122 valence electrons. The fraction of sp³-hybridized carbons (Fsp3) is 0.111. The average molecular weight is 340 g/mol. The second-order valence-electron chi connectivity index (χ2n) is 5.25. The van der Waals surface area contributed by atoms with Gasteiger partial charge in [0.25, 0.3) is 5.91 Å². The average Bonchev–Trinajstić information content (AvgIpc) is 2.90. The first-order chi connectivity index (χ1) is 11.5. The molecule has 3 rings (SSSR count). The third kappa shape index (κ3) is 3.60. The molecular formula is C18H16N2O3S. The van der Waals surface area contributed by atoms with E-state index in [0.29, 0.717) is 15.8 Å². The number of hydrogen-bond donors (Lipinski definition) is 2. The minimum Gasteiger partial charge on any atom is -0.506 e. The number of carbonyl (C=O) groups excluding carboxylic acids is 1. The molecule has 0 saturated carbocycles. The molecule has 1 saturated heterocycles. The lowest BCUT2D eigenvalue weighted by Gasteiger charge is -2.01. The Kier molecular flexibility index (Phi) is 4.57.